The monoisotopic (exact) mass is 292 g/mol. The van der Waals surface area contributed by atoms with Crippen LogP contribution in [0.1, 0.15) is 25.7 Å². The normalized spacial score (nSPS) is 9.10. The first-order valence-corrected chi connectivity index (χ1v) is 5.56. The van der Waals surface area contributed by atoms with Crippen LogP contribution >= 0.6 is 0 Å². The Kier molecular flexibility index (Phi) is 9.10. The van der Waals surface area contributed by atoms with E-state index in [4.69, 9.17) is 0 Å². The molecule has 2 N–H and O–H groups in total. The van der Waals surface area contributed by atoms with Gasteiger partial charge in [-0.3, -0.25) is 0 Å². The summed E-state index contributed by atoms with van der Waals surface area (Å²) in [4.78, 5) is 52.0. The summed E-state index contributed by atoms with van der Waals surface area (Å²) in [6.45, 7) is 0. The Balaban J connectivity index is 3.55. The first kappa shape index (κ1) is 17.5. The largest absolute Gasteiger partial charge is 0.451 e. The van der Waals surface area contributed by atoms with Crippen LogP contribution < -0.4 is 11.0 Å². The highest BCUT2D eigenvalue weighted by Crippen LogP contribution is 2.02. The number of amides is 2. The van der Waals surface area contributed by atoms with Crippen LogP contribution in [0, 0.1) is 0 Å². The van der Waals surface area contributed by atoms with Gasteiger partial charge in [0.2, 0.25) is 0 Å². The molecule has 20 heavy (non-hydrogen) atoms. The Morgan fingerprint density at radius 2 is 1.10 bits per heavy atom. The summed E-state index contributed by atoms with van der Waals surface area (Å²) in [5, 5.41) is 0. The minimum atomic E-state index is -0.893. The van der Waals surface area contributed by atoms with E-state index in [1.165, 1.54) is 0 Å². The van der Waals surface area contributed by atoms with Crippen molar-refractivity contribution in [1.29, 1.82) is 0 Å². The molecular weight excluding hydrogens is 276 g/mol. The first-order valence-electron chi connectivity index (χ1n) is 5.56. The number of hydrogen-bond donors (Lipinski definition) is 2. The minimum absolute atomic E-state index is 0.00169. The Labute approximate surface area is 114 Å². The highest BCUT2D eigenvalue weighted by atomic mass is 16.7. The van der Waals surface area contributed by atoms with E-state index in [9.17, 15) is 19.2 Å². The van der Waals surface area contributed by atoms with Crippen LogP contribution in [0.3, 0.4) is 0 Å². The van der Waals surface area contributed by atoms with Crippen molar-refractivity contribution in [2.24, 2.45) is 0 Å². The molecule has 0 aromatic heterocycles. The second-order valence-electron chi connectivity index (χ2n) is 3.34. The van der Waals surface area contributed by atoms with Gasteiger partial charge in [0.15, 0.2) is 0 Å². The predicted molar refractivity (Wildman–Crippen MR) is 61.7 cm³/mol. The Hall–Kier alpha value is -2.52. The van der Waals surface area contributed by atoms with Crippen molar-refractivity contribution < 1.29 is 38.3 Å². The van der Waals surface area contributed by atoms with Crippen molar-refractivity contribution in [3.63, 3.8) is 0 Å². The van der Waals surface area contributed by atoms with Crippen LogP contribution in [0.5, 0.6) is 0 Å². The lowest BCUT2D eigenvalue weighted by Gasteiger charge is -2.05. The smallest absolute Gasteiger partial charge is 0.440 e. The number of nitrogens with one attached hydrogen (secondary N) is 2. The molecule has 0 bridgehead atoms. The summed E-state index contributed by atoms with van der Waals surface area (Å²) >= 11 is 0. The molecule has 0 fully saturated rings. The molecular formula is C10H16N2O8. The summed E-state index contributed by atoms with van der Waals surface area (Å²) in [6.07, 6.45) is -1.10. The molecule has 10 heteroatoms. The molecule has 0 aliphatic heterocycles. The maximum Gasteiger partial charge on any atom is 0.440 e. The van der Waals surface area contributed by atoms with Gasteiger partial charge in [0.05, 0.1) is 14.2 Å². The van der Waals surface area contributed by atoms with Gasteiger partial charge >= 0.3 is 24.1 Å². The maximum absolute atomic E-state index is 11.1. The molecule has 0 spiro atoms. The molecule has 0 atom stereocenters. The zero-order chi connectivity index (χ0) is 15.4. The summed E-state index contributed by atoms with van der Waals surface area (Å²) in [5.41, 5.74) is 3.51. The van der Waals surface area contributed by atoms with Gasteiger partial charge in [-0.2, -0.15) is 0 Å². The van der Waals surface area contributed by atoms with Crippen molar-refractivity contribution in [3.05, 3.63) is 0 Å². The fourth-order valence-electron chi connectivity index (χ4n) is 0.921. The van der Waals surface area contributed by atoms with Gasteiger partial charge in [-0.1, -0.05) is 0 Å². The number of hydroxylamine groups is 2. The van der Waals surface area contributed by atoms with Gasteiger partial charge in [0.25, 0.3) is 0 Å². The molecule has 0 radical (unpaired) electrons. The Morgan fingerprint density at radius 3 is 1.40 bits per heavy atom. The van der Waals surface area contributed by atoms with Crippen molar-refractivity contribution in [2.75, 3.05) is 14.2 Å². The SMILES string of the molecule is COC(=O)NOC(=O)CCCCC(=O)ONC(=O)OC. The molecule has 114 valence electrons. The van der Waals surface area contributed by atoms with Gasteiger partial charge in [0, 0.05) is 12.8 Å². The first-order chi connectivity index (χ1) is 9.49. The van der Waals surface area contributed by atoms with Gasteiger partial charge in [0.1, 0.15) is 0 Å². The number of ether oxygens (including phenoxy) is 2. The molecule has 2 amide bonds. The Morgan fingerprint density at radius 1 is 0.750 bits per heavy atom. The molecule has 0 unspecified atom stereocenters. The third-order valence-corrected chi connectivity index (χ3v) is 1.88. The second-order valence-corrected chi connectivity index (χ2v) is 3.34. The van der Waals surface area contributed by atoms with E-state index in [2.05, 4.69) is 19.1 Å². The van der Waals surface area contributed by atoms with E-state index in [0.29, 0.717) is 12.8 Å². The van der Waals surface area contributed by atoms with Gasteiger partial charge in [-0.15, -0.1) is 11.0 Å². The van der Waals surface area contributed by atoms with Crippen LogP contribution in [0.15, 0.2) is 0 Å². The number of carbonyl (C=O) groups is 4. The lowest BCUT2D eigenvalue weighted by molar-refractivity contribution is -0.151. The Bertz CT molecular complexity index is 323. The average molecular weight is 292 g/mol. The summed E-state index contributed by atoms with van der Waals surface area (Å²) in [6, 6.07) is 0. The quantitative estimate of drug-likeness (QED) is 0.417. The standard InChI is InChI=1S/C10H16N2O8/c1-17-9(15)11-19-7(13)5-3-4-6-8(14)20-12-10(16)18-2/h3-6H2,1-2H3,(H,11,15)(H,12,16). The number of carbonyl (C=O) groups excluding carboxylic acids is 4. The lowest BCUT2D eigenvalue weighted by atomic mass is 10.2. The average Bonchev–Trinajstić information content (AvgIpc) is 2.46. The molecule has 0 heterocycles. The summed E-state index contributed by atoms with van der Waals surface area (Å²) in [7, 11) is 2.24. The fraction of sp³-hybridized carbons (Fsp3) is 0.600. The topological polar surface area (TPSA) is 129 Å². The van der Waals surface area contributed by atoms with E-state index in [1.54, 1.807) is 11.0 Å². The summed E-state index contributed by atoms with van der Waals surface area (Å²) in [5.74, 6) is -1.34. The molecule has 0 aliphatic carbocycles. The van der Waals surface area contributed by atoms with Gasteiger partial charge in [-0.25, -0.2) is 19.2 Å². The molecule has 0 aromatic carbocycles. The maximum atomic E-state index is 11.1. The van der Waals surface area contributed by atoms with Crippen molar-refractivity contribution in [1.82, 2.24) is 11.0 Å². The number of methoxy groups -OCH3 is 2. The predicted octanol–water partition coefficient (Wildman–Crippen LogP) is 0.175. The van der Waals surface area contributed by atoms with E-state index < -0.39 is 24.1 Å². The van der Waals surface area contributed by atoms with Crippen LogP contribution in [0.25, 0.3) is 0 Å². The van der Waals surface area contributed by atoms with E-state index in [0.717, 1.165) is 14.2 Å². The van der Waals surface area contributed by atoms with Gasteiger partial charge in [-0.05, 0) is 12.8 Å². The van der Waals surface area contributed by atoms with E-state index in [1.807, 2.05) is 0 Å². The molecule has 0 rings (SSSR count). The number of unbranched alkanes of at least 4 members (excludes halogenated alkanes) is 1. The van der Waals surface area contributed by atoms with Crippen molar-refractivity contribution in [2.45, 2.75) is 25.7 Å². The molecule has 10 nitrogen and oxygen atoms in total. The summed E-state index contributed by atoms with van der Waals surface area (Å²) < 4.78 is 8.36. The lowest BCUT2D eigenvalue weighted by Crippen LogP contribution is -2.27. The van der Waals surface area contributed by atoms with Crippen LogP contribution in [0.4, 0.5) is 9.59 Å². The zero-order valence-electron chi connectivity index (χ0n) is 11.1. The molecule has 0 aromatic rings. The van der Waals surface area contributed by atoms with Crippen molar-refractivity contribution >= 4 is 24.1 Å². The van der Waals surface area contributed by atoms with Crippen LogP contribution in [-0.4, -0.2) is 38.3 Å². The van der Waals surface area contributed by atoms with Gasteiger partial charge < -0.3 is 19.1 Å². The highest BCUT2D eigenvalue weighted by Gasteiger charge is 2.09. The number of hydrogen-bond acceptors (Lipinski definition) is 8. The van der Waals surface area contributed by atoms with Crippen molar-refractivity contribution in [3.8, 4) is 0 Å². The molecule has 0 aliphatic rings. The fourth-order valence-corrected chi connectivity index (χ4v) is 0.921. The molecule has 0 saturated heterocycles. The van der Waals surface area contributed by atoms with Crippen LogP contribution in [-0.2, 0) is 28.7 Å². The third-order valence-electron chi connectivity index (χ3n) is 1.88. The third kappa shape index (κ3) is 9.50. The molecule has 0 saturated carbocycles. The zero-order valence-corrected chi connectivity index (χ0v) is 11.1. The van der Waals surface area contributed by atoms with E-state index in [-0.39, 0.29) is 12.8 Å². The second kappa shape index (κ2) is 10.4. The minimum Gasteiger partial charge on any atom is -0.451 e. The van der Waals surface area contributed by atoms with E-state index >= 15 is 0 Å². The van der Waals surface area contributed by atoms with Crippen LogP contribution in [0.2, 0.25) is 0 Å². The highest BCUT2D eigenvalue weighted by molar-refractivity contribution is 5.74. The number of rotatable bonds is 5.